The quantitative estimate of drug-likeness (QED) is 0.201. The van der Waals surface area contributed by atoms with Crippen LogP contribution in [-0.2, 0) is 51.5 Å². The van der Waals surface area contributed by atoms with Crippen molar-refractivity contribution in [3.05, 3.63) is 119 Å². The Morgan fingerprint density at radius 1 is 0.863 bits per heavy atom. The molecule has 0 radical (unpaired) electrons. The van der Waals surface area contributed by atoms with E-state index in [1.165, 1.54) is 0 Å². The highest BCUT2D eigenvalue weighted by molar-refractivity contribution is 5.96. The number of fused-ring (bicyclic) bond motifs is 1. The van der Waals surface area contributed by atoms with Crippen LogP contribution in [0.4, 0.5) is 11.5 Å². The normalized spacial score (nSPS) is 16.2. The van der Waals surface area contributed by atoms with E-state index in [9.17, 15) is 19.2 Å². The van der Waals surface area contributed by atoms with E-state index in [2.05, 4.69) is 25.9 Å². The summed E-state index contributed by atoms with van der Waals surface area (Å²) in [7, 11) is 1.88. The maximum atomic E-state index is 14.4. The van der Waals surface area contributed by atoms with Crippen molar-refractivity contribution < 1.29 is 19.2 Å². The lowest BCUT2D eigenvalue weighted by atomic mass is 9.78. The van der Waals surface area contributed by atoms with Crippen LogP contribution >= 0.6 is 0 Å². The molecule has 2 aromatic heterocycles. The molecule has 11 nitrogen and oxygen atoms in total. The van der Waals surface area contributed by atoms with Gasteiger partial charge in [-0.3, -0.25) is 24.2 Å². The standard InChI is InChI=1S/C40H45N7O4/c1-40(14-19-46(20-15-40)37(49)21-28-12-17-42-18-13-28)39(51)47(26-31-8-4-3-7-30(31)25-41-2)27-36(48)44-34-11-10-29-22-33(23-32(29)24-34)38(50)45-35-9-5-6-16-43-35/h3-13,16-18,24,33,41H,14-15,19-23,25-27H2,1-2H3,(H,44,48)(H,43,45,50)/t33-/m1/s1. The topological polar surface area (TPSA) is 137 Å². The highest BCUT2D eigenvalue weighted by Crippen LogP contribution is 2.34. The summed E-state index contributed by atoms with van der Waals surface area (Å²) in [5.74, 6) is -0.160. The largest absolute Gasteiger partial charge is 0.342 e. The molecule has 0 saturated carbocycles. The van der Waals surface area contributed by atoms with Crippen molar-refractivity contribution in [2.75, 3.05) is 37.3 Å². The number of rotatable bonds is 12. The highest BCUT2D eigenvalue weighted by Gasteiger charge is 2.41. The molecular formula is C40H45N7O4. The first-order chi connectivity index (χ1) is 24.7. The molecule has 4 amide bonds. The summed E-state index contributed by atoms with van der Waals surface area (Å²) in [6.07, 6.45) is 7.48. The van der Waals surface area contributed by atoms with Gasteiger partial charge >= 0.3 is 0 Å². The van der Waals surface area contributed by atoms with Crippen LogP contribution in [0.1, 0.15) is 47.6 Å². The summed E-state index contributed by atoms with van der Waals surface area (Å²) in [5.41, 5.74) is 4.91. The second-order valence-electron chi connectivity index (χ2n) is 13.8. The van der Waals surface area contributed by atoms with Gasteiger partial charge in [-0.25, -0.2) is 4.98 Å². The van der Waals surface area contributed by atoms with E-state index < -0.39 is 5.41 Å². The summed E-state index contributed by atoms with van der Waals surface area (Å²) in [6, 6.07) is 22.7. The van der Waals surface area contributed by atoms with Gasteiger partial charge in [-0.2, -0.15) is 0 Å². The molecule has 4 aromatic rings. The van der Waals surface area contributed by atoms with Crippen molar-refractivity contribution in [1.29, 1.82) is 0 Å². The van der Waals surface area contributed by atoms with Crippen LogP contribution < -0.4 is 16.0 Å². The van der Waals surface area contributed by atoms with Gasteiger partial charge in [0.2, 0.25) is 23.6 Å². The van der Waals surface area contributed by atoms with E-state index >= 15 is 0 Å². The summed E-state index contributed by atoms with van der Waals surface area (Å²) in [6.45, 7) is 3.68. The summed E-state index contributed by atoms with van der Waals surface area (Å²) >= 11 is 0. The number of nitrogens with zero attached hydrogens (tertiary/aromatic N) is 4. The van der Waals surface area contributed by atoms with E-state index in [1.807, 2.05) is 79.5 Å². The number of hydrogen-bond acceptors (Lipinski definition) is 7. The minimum absolute atomic E-state index is 0.0300. The van der Waals surface area contributed by atoms with Gasteiger partial charge in [-0.15, -0.1) is 0 Å². The van der Waals surface area contributed by atoms with Crippen LogP contribution in [0.25, 0.3) is 0 Å². The molecule has 11 heteroatoms. The van der Waals surface area contributed by atoms with Gasteiger partial charge in [-0.05, 0) is 96.9 Å². The molecule has 1 aliphatic carbocycles. The fourth-order valence-corrected chi connectivity index (χ4v) is 7.03. The third kappa shape index (κ3) is 8.85. The molecule has 0 spiro atoms. The van der Waals surface area contributed by atoms with Crippen molar-refractivity contribution in [2.24, 2.45) is 11.3 Å². The van der Waals surface area contributed by atoms with Gasteiger partial charge in [0.15, 0.2) is 0 Å². The number of nitrogens with one attached hydrogen (secondary N) is 3. The van der Waals surface area contributed by atoms with Gasteiger partial charge in [0.05, 0.1) is 6.42 Å². The second kappa shape index (κ2) is 16.1. The maximum Gasteiger partial charge on any atom is 0.244 e. The maximum absolute atomic E-state index is 14.4. The van der Waals surface area contributed by atoms with E-state index in [-0.39, 0.29) is 42.6 Å². The fraction of sp³-hybridized carbons (Fsp3) is 0.350. The number of amides is 4. The highest BCUT2D eigenvalue weighted by atomic mass is 16.2. The Balaban J connectivity index is 1.12. The first-order valence-electron chi connectivity index (χ1n) is 17.5. The van der Waals surface area contributed by atoms with Crippen LogP contribution in [0.2, 0.25) is 0 Å². The predicted molar refractivity (Wildman–Crippen MR) is 195 cm³/mol. The molecule has 1 aliphatic heterocycles. The number of anilines is 2. The van der Waals surface area contributed by atoms with Gasteiger partial charge in [0.1, 0.15) is 12.4 Å². The molecular weight excluding hydrogens is 642 g/mol. The Morgan fingerprint density at radius 2 is 1.59 bits per heavy atom. The number of likely N-dealkylation sites (tertiary alicyclic amines) is 1. The molecule has 1 fully saturated rings. The van der Waals surface area contributed by atoms with E-state index in [4.69, 9.17) is 0 Å². The van der Waals surface area contributed by atoms with Gasteiger partial charge in [0, 0.05) is 61.8 Å². The Morgan fingerprint density at radius 3 is 2.31 bits per heavy atom. The number of carbonyl (C=O) groups is 4. The zero-order valence-corrected chi connectivity index (χ0v) is 29.2. The summed E-state index contributed by atoms with van der Waals surface area (Å²) in [5, 5.41) is 9.10. The van der Waals surface area contributed by atoms with Crippen LogP contribution in [0.5, 0.6) is 0 Å². The third-order valence-electron chi connectivity index (χ3n) is 10.0. The summed E-state index contributed by atoms with van der Waals surface area (Å²) in [4.78, 5) is 65.8. The summed E-state index contributed by atoms with van der Waals surface area (Å²) < 4.78 is 0. The van der Waals surface area contributed by atoms with Crippen molar-refractivity contribution in [3.63, 3.8) is 0 Å². The fourth-order valence-electron chi connectivity index (χ4n) is 7.03. The van der Waals surface area contributed by atoms with Gasteiger partial charge in [-0.1, -0.05) is 43.3 Å². The first-order valence-corrected chi connectivity index (χ1v) is 17.5. The lowest BCUT2D eigenvalue weighted by molar-refractivity contribution is -0.149. The molecule has 0 bridgehead atoms. The first kappa shape index (κ1) is 35.4. The monoisotopic (exact) mass is 687 g/mol. The van der Waals surface area contributed by atoms with Crippen molar-refractivity contribution in [3.8, 4) is 0 Å². The van der Waals surface area contributed by atoms with Crippen molar-refractivity contribution >= 4 is 35.1 Å². The van der Waals surface area contributed by atoms with Gasteiger partial charge in [0.25, 0.3) is 0 Å². The molecule has 3 N–H and O–H groups in total. The average Bonchev–Trinajstić information content (AvgIpc) is 3.57. The number of aromatic nitrogens is 2. The minimum Gasteiger partial charge on any atom is -0.342 e. The second-order valence-corrected chi connectivity index (χ2v) is 13.8. The number of piperidine rings is 1. The van der Waals surface area contributed by atoms with Gasteiger partial charge < -0.3 is 25.8 Å². The minimum atomic E-state index is -0.732. The number of carbonyl (C=O) groups excluding carboxylic acids is 4. The molecule has 2 aliphatic rings. The predicted octanol–water partition coefficient (Wildman–Crippen LogP) is 4.39. The Hall–Kier alpha value is -5.42. The smallest absolute Gasteiger partial charge is 0.244 e. The molecule has 1 saturated heterocycles. The van der Waals surface area contributed by atoms with Crippen LogP contribution in [0.3, 0.4) is 0 Å². The van der Waals surface area contributed by atoms with Crippen LogP contribution in [-0.4, -0.2) is 70.1 Å². The lowest BCUT2D eigenvalue weighted by Gasteiger charge is -2.41. The Labute approximate surface area is 298 Å². The van der Waals surface area contributed by atoms with E-state index in [0.29, 0.717) is 63.2 Å². The molecule has 3 heterocycles. The SMILES string of the molecule is CNCc1ccccc1CN(CC(=O)Nc1ccc2c(c1)C[C@H](C(=O)Nc1ccccn1)C2)C(=O)C1(C)CCN(C(=O)Cc2ccncc2)CC1. The molecule has 264 valence electrons. The average molecular weight is 688 g/mol. The molecule has 0 unspecified atom stereocenters. The lowest BCUT2D eigenvalue weighted by Crippen LogP contribution is -2.51. The van der Waals surface area contributed by atoms with Crippen molar-refractivity contribution in [2.45, 2.75) is 52.1 Å². The third-order valence-corrected chi connectivity index (χ3v) is 10.0. The molecule has 6 rings (SSSR count). The Kier molecular flexibility index (Phi) is 11.2. The van der Waals surface area contributed by atoms with E-state index in [1.54, 1.807) is 35.6 Å². The van der Waals surface area contributed by atoms with Crippen LogP contribution in [0, 0.1) is 11.3 Å². The number of hydrogen-bond donors (Lipinski definition) is 3. The Bertz CT molecular complexity index is 1860. The molecule has 1 atom stereocenters. The van der Waals surface area contributed by atoms with Crippen LogP contribution in [0.15, 0.2) is 91.4 Å². The van der Waals surface area contributed by atoms with E-state index in [0.717, 1.165) is 27.8 Å². The molecule has 2 aromatic carbocycles. The van der Waals surface area contributed by atoms with Crippen molar-refractivity contribution in [1.82, 2.24) is 25.1 Å². The number of pyridine rings is 2. The zero-order valence-electron chi connectivity index (χ0n) is 29.2. The number of benzene rings is 2. The zero-order chi connectivity index (χ0) is 35.8. The molecule has 51 heavy (non-hydrogen) atoms.